The van der Waals surface area contributed by atoms with Crippen LogP contribution in [0.5, 0.6) is 0 Å². The molecule has 0 aromatic carbocycles. The normalized spacial score (nSPS) is 10.6. The molecule has 0 bridgehead atoms. The molecule has 4 nitrogen and oxygen atoms in total. The molecular formula is C7H4Cl2N4. The summed E-state index contributed by atoms with van der Waals surface area (Å²) in [4.78, 5) is 11.6. The summed E-state index contributed by atoms with van der Waals surface area (Å²) in [5, 5.41) is 1.10. The van der Waals surface area contributed by atoms with Crippen LogP contribution < -0.4 is 5.73 Å². The predicted octanol–water partition coefficient (Wildman–Crippen LogP) is 1.91. The molecule has 0 aliphatic heterocycles. The fourth-order valence-corrected chi connectivity index (χ4v) is 1.33. The van der Waals surface area contributed by atoms with E-state index in [0.717, 1.165) is 0 Å². The van der Waals surface area contributed by atoms with Crippen molar-refractivity contribution in [3.63, 3.8) is 0 Å². The summed E-state index contributed by atoms with van der Waals surface area (Å²) in [6.45, 7) is 0. The van der Waals surface area contributed by atoms with Gasteiger partial charge in [-0.05, 0) is 11.6 Å². The second-order valence-corrected chi connectivity index (χ2v) is 3.13. The third-order valence-corrected chi connectivity index (χ3v) is 1.93. The van der Waals surface area contributed by atoms with Gasteiger partial charge in [0.1, 0.15) is 11.0 Å². The van der Waals surface area contributed by atoms with E-state index in [2.05, 4.69) is 15.0 Å². The summed E-state index contributed by atoms with van der Waals surface area (Å²) in [5.41, 5.74) is 6.18. The maximum absolute atomic E-state index is 5.67. The van der Waals surface area contributed by atoms with E-state index in [9.17, 15) is 0 Å². The van der Waals surface area contributed by atoms with E-state index in [1.54, 1.807) is 6.07 Å². The Kier molecular flexibility index (Phi) is 1.94. The molecule has 0 saturated carbocycles. The maximum Gasteiger partial charge on any atom is 0.224 e. The SMILES string of the molecule is Nc1nc(Cl)nc2cc(Cl)ncc12. The molecule has 2 N–H and O–H groups in total. The van der Waals surface area contributed by atoms with Gasteiger partial charge in [0.15, 0.2) is 0 Å². The summed E-state index contributed by atoms with van der Waals surface area (Å²) in [5.74, 6) is 0.305. The lowest BCUT2D eigenvalue weighted by Gasteiger charge is -2.00. The zero-order valence-electron chi connectivity index (χ0n) is 6.33. The van der Waals surface area contributed by atoms with Crippen molar-refractivity contribution in [2.45, 2.75) is 0 Å². The van der Waals surface area contributed by atoms with Crippen LogP contribution in [0.1, 0.15) is 0 Å². The van der Waals surface area contributed by atoms with Crippen LogP contribution in [0.4, 0.5) is 5.82 Å². The minimum atomic E-state index is 0.104. The first-order chi connectivity index (χ1) is 6.16. The number of pyridine rings is 1. The standard InChI is InChI=1S/C7H4Cl2N4/c8-5-1-4-3(2-11-5)6(10)13-7(9)12-4/h1-2H,(H2,10,12,13). The van der Waals surface area contributed by atoms with Crippen LogP contribution >= 0.6 is 23.2 Å². The van der Waals surface area contributed by atoms with Crippen LogP contribution in [0.15, 0.2) is 12.3 Å². The van der Waals surface area contributed by atoms with E-state index in [0.29, 0.717) is 21.9 Å². The van der Waals surface area contributed by atoms with Gasteiger partial charge in [-0.25, -0.2) is 15.0 Å². The number of halogens is 2. The quantitative estimate of drug-likeness (QED) is 0.538. The molecular weight excluding hydrogens is 211 g/mol. The van der Waals surface area contributed by atoms with E-state index >= 15 is 0 Å². The van der Waals surface area contributed by atoms with E-state index in [1.165, 1.54) is 6.20 Å². The molecule has 0 fully saturated rings. The molecule has 2 heterocycles. The van der Waals surface area contributed by atoms with E-state index in [1.807, 2.05) is 0 Å². The fourth-order valence-electron chi connectivity index (χ4n) is 0.994. The molecule has 13 heavy (non-hydrogen) atoms. The predicted molar refractivity (Wildman–Crippen MR) is 51.8 cm³/mol. The molecule has 2 aromatic heterocycles. The highest BCUT2D eigenvalue weighted by atomic mass is 35.5. The number of hydrogen-bond donors (Lipinski definition) is 1. The van der Waals surface area contributed by atoms with Crippen LogP contribution in [0, 0.1) is 0 Å². The second-order valence-electron chi connectivity index (χ2n) is 2.40. The molecule has 2 rings (SSSR count). The Labute approximate surface area is 83.7 Å². The molecule has 0 atom stereocenters. The van der Waals surface area contributed by atoms with Gasteiger partial charge in [-0.2, -0.15) is 0 Å². The van der Waals surface area contributed by atoms with Crippen molar-refractivity contribution >= 4 is 39.9 Å². The number of nitrogens with zero attached hydrogens (tertiary/aromatic N) is 3. The first-order valence-corrected chi connectivity index (χ1v) is 4.16. The maximum atomic E-state index is 5.67. The van der Waals surface area contributed by atoms with Crippen LogP contribution in [-0.2, 0) is 0 Å². The van der Waals surface area contributed by atoms with Crippen LogP contribution in [0.3, 0.4) is 0 Å². The average molecular weight is 215 g/mol. The Morgan fingerprint density at radius 1 is 1.23 bits per heavy atom. The topological polar surface area (TPSA) is 64.7 Å². The minimum absolute atomic E-state index is 0.104. The highest BCUT2D eigenvalue weighted by Crippen LogP contribution is 2.20. The lowest BCUT2D eigenvalue weighted by Crippen LogP contribution is -1.95. The Morgan fingerprint density at radius 3 is 2.77 bits per heavy atom. The van der Waals surface area contributed by atoms with Gasteiger partial charge < -0.3 is 5.73 Å². The molecule has 0 aliphatic rings. The summed E-state index contributed by atoms with van der Waals surface area (Å²) < 4.78 is 0. The van der Waals surface area contributed by atoms with Gasteiger partial charge in [0.25, 0.3) is 0 Å². The molecule has 0 amide bonds. The average Bonchev–Trinajstić information content (AvgIpc) is 2.02. The van der Waals surface area contributed by atoms with E-state index in [4.69, 9.17) is 28.9 Å². The molecule has 2 aromatic rings. The second kappa shape index (κ2) is 2.97. The summed E-state index contributed by atoms with van der Waals surface area (Å²) in [7, 11) is 0. The Morgan fingerprint density at radius 2 is 2.00 bits per heavy atom. The number of aromatic nitrogens is 3. The summed E-state index contributed by atoms with van der Waals surface area (Å²) >= 11 is 11.3. The lowest BCUT2D eigenvalue weighted by atomic mass is 10.3. The van der Waals surface area contributed by atoms with Crippen LogP contribution in [0.25, 0.3) is 10.9 Å². The van der Waals surface area contributed by atoms with Gasteiger partial charge >= 0.3 is 0 Å². The number of fused-ring (bicyclic) bond motifs is 1. The molecule has 0 aliphatic carbocycles. The zero-order valence-corrected chi connectivity index (χ0v) is 7.84. The number of hydrogen-bond acceptors (Lipinski definition) is 4. The molecule has 0 unspecified atom stereocenters. The number of nitrogen functional groups attached to an aromatic ring is 1. The van der Waals surface area contributed by atoms with Gasteiger partial charge in [-0.1, -0.05) is 11.6 Å². The molecule has 6 heteroatoms. The van der Waals surface area contributed by atoms with Crippen molar-refractivity contribution in [2.75, 3.05) is 5.73 Å². The van der Waals surface area contributed by atoms with Crippen molar-refractivity contribution in [3.8, 4) is 0 Å². The molecule has 0 spiro atoms. The molecule has 0 radical (unpaired) electrons. The first-order valence-electron chi connectivity index (χ1n) is 3.41. The Balaban J connectivity index is 2.86. The van der Waals surface area contributed by atoms with Crippen LogP contribution in [-0.4, -0.2) is 15.0 Å². The van der Waals surface area contributed by atoms with Gasteiger partial charge in [-0.15, -0.1) is 0 Å². The van der Waals surface area contributed by atoms with Gasteiger partial charge in [0.2, 0.25) is 5.28 Å². The zero-order chi connectivity index (χ0) is 9.42. The van der Waals surface area contributed by atoms with Crippen molar-refractivity contribution in [1.82, 2.24) is 15.0 Å². The van der Waals surface area contributed by atoms with E-state index in [-0.39, 0.29) is 5.28 Å². The van der Waals surface area contributed by atoms with Gasteiger partial charge in [0.05, 0.1) is 10.9 Å². The number of nitrogens with two attached hydrogens (primary N) is 1. The summed E-state index contributed by atoms with van der Waals surface area (Å²) in [6, 6.07) is 1.58. The Bertz CT molecular complexity index is 466. The van der Waals surface area contributed by atoms with Crippen molar-refractivity contribution in [1.29, 1.82) is 0 Å². The van der Waals surface area contributed by atoms with Gasteiger partial charge in [-0.3, -0.25) is 0 Å². The first kappa shape index (κ1) is 8.47. The van der Waals surface area contributed by atoms with E-state index < -0.39 is 0 Å². The third kappa shape index (κ3) is 1.50. The monoisotopic (exact) mass is 214 g/mol. The lowest BCUT2D eigenvalue weighted by molar-refractivity contribution is 1.21. The minimum Gasteiger partial charge on any atom is -0.383 e. The number of rotatable bonds is 0. The third-order valence-electron chi connectivity index (χ3n) is 1.55. The van der Waals surface area contributed by atoms with Crippen molar-refractivity contribution in [2.24, 2.45) is 0 Å². The molecule has 66 valence electrons. The summed E-state index contributed by atoms with van der Waals surface area (Å²) in [6.07, 6.45) is 1.52. The number of anilines is 1. The fraction of sp³-hybridized carbons (Fsp3) is 0. The highest BCUT2D eigenvalue weighted by Gasteiger charge is 2.04. The Hall–Kier alpha value is -1.13. The smallest absolute Gasteiger partial charge is 0.224 e. The van der Waals surface area contributed by atoms with Crippen LogP contribution in [0.2, 0.25) is 10.4 Å². The van der Waals surface area contributed by atoms with Gasteiger partial charge in [0, 0.05) is 12.3 Å². The molecule has 0 saturated heterocycles. The van der Waals surface area contributed by atoms with Crippen molar-refractivity contribution < 1.29 is 0 Å². The largest absolute Gasteiger partial charge is 0.383 e. The highest BCUT2D eigenvalue weighted by molar-refractivity contribution is 6.30. The van der Waals surface area contributed by atoms with Crippen molar-refractivity contribution in [3.05, 3.63) is 22.7 Å².